The van der Waals surface area contributed by atoms with Crippen LogP contribution in [-0.4, -0.2) is 48.7 Å². The van der Waals surface area contributed by atoms with Gasteiger partial charge in [0.25, 0.3) is 0 Å². The first kappa shape index (κ1) is 18.3. The Morgan fingerprint density at radius 2 is 2.00 bits per heavy atom. The van der Waals surface area contributed by atoms with Gasteiger partial charge in [-0.05, 0) is 30.9 Å². The Morgan fingerprint density at radius 3 is 2.58 bits per heavy atom. The van der Waals surface area contributed by atoms with Crippen molar-refractivity contribution >= 4 is 11.9 Å². The quantitative estimate of drug-likeness (QED) is 0.486. The van der Waals surface area contributed by atoms with Crippen molar-refractivity contribution in [2.24, 2.45) is 10.9 Å². The minimum atomic E-state index is -0.117. The Bertz CT molecular complexity index is 566. The third kappa shape index (κ3) is 4.71. The molecule has 1 aromatic carbocycles. The smallest absolute Gasteiger partial charge is 0.308 e. The summed E-state index contributed by atoms with van der Waals surface area (Å²) in [4.78, 5) is 18.5. The molecular weight excluding hydrogens is 306 g/mol. The molecule has 2 rings (SSSR count). The van der Waals surface area contributed by atoms with Crippen LogP contribution in [0.4, 0.5) is 0 Å². The van der Waals surface area contributed by atoms with Gasteiger partial charge in [0.1, 0.15) is 0 Å². The highest BCUT2D eigenvalue weighted by Gasteiger charge is 2.26. The van der Waals surface area contributed by atoms with Crippen LogP contribution >= 0.6 is 0 Å². The summed E-state index contributed by atoms with van der Waals surface area (Å²) >= 11 is 0. The summed E-state index contributed by atoms with van der Waals surface area (Å²) in [5.41, 5.74) is 1.93. The molecule has 0 atom stereocenters. The van der Waals surface area contributed by atoms with Gasteiger partial charge in [0, 0.05) is 19.6 Å². The lowest BCUT2D eigenvalue weighted by atomic mass is 9.97. The van der Waals surface area contributed by atoms with Crippen LogP contribution in [0.2, 0.25) is 0 Å². The Balaban J connectivity index is 2.02. The molecule has 1 heterocycles. The number of hydrogen-bond donors (Lipinski definition) is 2. The second-order valence-corrected chi connectivity index (χ2v) is 5.88. The molecule has 24 heavy (non-hydrogen) atoms. The van der Waals surface area contributed by atoms with Crippen LogP contribution in [0, 0.1) is 5.92 Å². The molecule has 132 valence electrons. The minimum Gasteiger partial charge on any atom is -0.469 e. The number of benzene rings is 1. The highest BCUT2D eigenvalue weighted by Crippen LogP contribution is 2.19. The van der Waals surface area contributed by atoms with Crippen LogP contribution in [0.25, 0.3) is 0 Å². The third-order valence-corrected chi connectivity index (χ3v) is 4.35. The van der Waals surface area contributed by atoms with Gasteiger partial charge in [0.05, 0.1) is 26.2 Å². The van der Waals surface area contributed by atoms with Gasteiger partial charge in [-0.3, -0.25) is 4.79 Å². The number of hydrogen-bond acceptors (Lipinski definition) is 4. The number of aliphatic hydroxyl groups is 1. The maximum atomic E-state index is 11.6. The number of methoxy groups -OCH3 is 1. The number of ether oxygens (including phenoxy) is 1. The van der Waals surface area contributed by atoms with E-state index < -0.39 is 0 Å². The molecule has 1 aliphatic heterocycles. The average molecular weight is 333 g/mol. The molecule has 1 aromatic rings. The number of nitrogens with zero attached hydrogens (tertiary/aromatic N) is 2. The van der Waals surface area contributed by atoms with Crippen LogP contribution in [-0.2, 0) is 22.7 Å². The van der Waals surface area contributed by atoms with Gasteiger partial charge in [0.15, 0.2) is 5.96 Å². The van der Waals surface area contributed by atoms with E-state index in [4.69, 9.17) is 9.73 Å². The summed E-state index contributed by atoms with van der Waals surface area (Å²) in [7, 11) is 1.44. The number of guanidine groups is 1. The first-order valence-electron chi connectivity index (χ1n) is 8.48. The van der Waals surface area contributed by atoms with E-state index >= 15 is 0 Å². The summed E-state index contributed by atoms with van der Waals surface area (Å²) in [5, 5.41) is 12.7. The van der Waals surface area contributed by atoms with Gasteiger partial charge in [-0.2, -0.15) is 0 Å². The van der Waals surface area contributed by atoms with E-state index in [2.05, 4.69) is 10.2 Å². The molecule has 1 aliphatic rings. The number of aliphatic imine (C=N–C) groups is 1. The van der Waals surface area contributed by atoms with Crippen LogP contribution < -0.4 is 5.32 Å². The minimum absolute atomic E-state index is 0.00996. The number of carbonyl (C=O) groups excluding carboxylic acids is 1. The number of nitrogens with one attached hydrogen (secondary N) is 1. The van der Waals surface area contributed by atoms with Crippen molar-refractivity contribution in [3.05, 3.63) is 35.4 Å². The third-order valence-electron chi connectivity index (χ3n) is 4.35. The number of carbonyl (C=O) groups is 1. The number of likely N-dealkylation sites (tertiary alicyclic amines) is 1. The predicted molar refractivity (Wildman–Crippen MR) is 93.5 cm³/mol. The molecule has 6 heteroatoms. The Morgan fingerprint density at radius 1 is 1.33 bits per heavy atom. The van der Waals surface area contributed by atoms with E-state index in [0.717, 1.165) is 49.6 Å². The van der Waals surface area contributed by atoms with Gasteiger partial charge in [-0.15, -0.1) is 0 Å². The molecule has 6 nitrogen and oxygen atoms in total. The molecule has 0 aromatic heterocycles. The number of aliphatic hydroxyl groups excluding tert-OH is 1. The standard InChI is InChI=1S/C18H27N3O3/c1-3-19-18(20-12-15-6-4-5-7-16(15)13-22)21-10-8-14(9-11-21)17(23)24-2/h4-7,14,22H,3,8-13H2,1-2H3,(H,19,20). The predicted octanol–water partition coefficient (Wildman–Crippen LogP) is 1.53. The first-order valence-corrected chi connectivity index (χ1v) is 8.48. The summed E-state index contributed by atoms with van der Waals surface area (Å²) < 4.78 is 4.84. The molecule has 0 amide bonds. The second kappa shape index (κ2) is 9.27. The van der Waals surface area contributed by atoms with Crippen molar-refractivity contribution in [3.8, 4) is 0 Å². The van der Waals surface area contributed by atoms with Crippen LogP contribution in [0.5, 0.6) is 0 Å². The van der Waals surface area contributed by atoms with Crippen molar-refractivity contribution in [2.75, 3.05) is 26.7 Å². The lowest BCUT2D eigenvalue weighted by Gasteiger charge is -2.33. The Hall–Kier alpha value is -2.08. The molecule has 0 unspecified atom stereocenters. The van der Waals surface area contributed by atoms with Crippen molar-refractivity contribution in [1.82, 2.24) is 10.2 Å². The van der Waals surface area contributed by atoms with E-state index in [1.54, 1.807) is 0 Å². The summed E-state index contributed by atoms with van der Waals surface area (Å²) in [5.74, 6) is 0.728. The topological polar surface area (TPSA) is 74.2 Å². The van der Waals surface area contributed by atoms with E-state index in [1.807, 2.05) is 31.2 Å². The molecule has 0 aliphatic carbocycles. The van der Waals surface area contributed by atoms with E-state index in [1.165, 1.54) is 7.11 Å². The molecular formula is C18H27N3O3. The van der Waals surface area contributed by atoms with Gasteiger partial charge in [0.2, 0.25) is 0 Å². The Labute approximate surface area is 143 Å². The zero-order chi connectivity index (χ0) is 17.4. The molecule has 0 spiro atoms. The first-order chi connectivity index (χ1) is 11.7. The number of esters is 1. The lowest BCUT2D eigenvalue weighted by Crippen LogP contribution is -2.46. The number of piperidine rings is 1. The molecule has 1 saturated heterocycles. The van der Waals surface area contributed by atoms with Gasteiger partial charge in [-0.25, -0.2) is 4.99 Å². The van der Waals surface area contributed by atoms with E-state index in [9.17, 15) is 9.90 Å². The normalized spacial score (nSPS) is 16.1. The number of rotatable bonds is 5. The van der Waals surface area contributed by atoms with E-state index in [0.29, 0.717) is 6.54 Å². The highest BCUT2D eigenvalue weighted by atomic mass is 16.5. The fraction of sp³-hybridized carbons (Fsp3) is 0.556. The zero-order valence-corrected chi connectivity index (χ0v) is 14.5. The fourth-order valence-electron chi connectivity index (χ4n) is 2.95. The summed E-state index contributed by atoms with van der Waals surface area (Å²) in [6.45, 7) is 4.94. The van der Waals surface area contributed by atoms with Crippen molar-refractivity contribution in [2.45, 2.75) is 32.9 Å². The van der Waals surface area contributed by atoms with Crippen molar-refractivity contribution < 1.29 is 14.6 Å². The van der Waals surface area contributed by atoms with Crippen LogP contribution in [0.1, 0.15) is 30.9 Å². The summed E-state index contributed by atoms with van der Waals surface area (Å²) in [6, 6.07) is 7.78. The maximum Gasteiger partial charge on any atom is 0.308 e. The van der Waals surface area contributed by atoms with Crippen LogP contribution in [0.15, 0.2) is 29.3 Å². The largest absolute Gasteiger partial charge is 0.469 e. The fourth-order valence-corrected chi connectivity index (χ4v) is 2.95. The molecule has 0 saturated carbocycles. The SMILES string of the molecule is CCNC(=NCc1ccccc1CO)N1CCC(C(=O)OC)CC1. The summed E-state index contributed by atoms with van der Waals surface area (Å²) in [6.07, 6.45) is 1.56. The maximum absolute atomic E-state index is 11.6. The van der Waals surface area contributed by atoms with Crippen LogP contribution in [0.3, 0.4) is 0 Å². The van der Waals surface area contributed by atoms with E-state index in [-0.39, 0.29) is 18.5 Å². The monoisotopic (exact) mass is 333 g/mol. The molecule has 0 radical (unpaired) electrons. The van der Waals surface area contributed by atoms with Gasteiger partial charge < -0.3 is 20.1 Å². The average Bonchev–Trinajstić information content (AvgIpc) is 2.64. The second-order valence-electron chi connectivity index (χ2n) is 5.88. The molecule has 2 N–H and O–H groups in total. The highest BCUT2D eigenvalue weighted by molar-refractivity contribution is 5.80. The van der Waals surface area contributed by atoms with Crippen molar-refractivity contribution in [3.63, 3.8) is 0 Å². The molecule has 0 bridgehead atoms. The Kier molecular flexibility index (Phi) is 7.06. The molecule has 1 fully saturated rings. The zero-order valence-electron chi connectivity index (χ0n) is 14.5. The lowest BCUT2D eigenvalue weighted by molar-refractivity contribution is -0.146. The van der Waals surface area contributed by atoms with Crippen molar-refractivity contribution in [1.29, 1.82) is 0 Å². The van der Waals surface area contributed by atoms with Gasteiger partial charge in [-0.1, -0.05) is 24.3 Å². The van der Waals surface area contributed by atoms with Gasteiger partial charge >= 0.3 is 5.97 Å².